The van der Waals surface area contributed by atoms with E-state index in [-0.39, 0.29) is 5.43 Å². The number of rotatable bonds is 0. The Morgan fingerprint density at radius 1 is 1.40 bits per heavy atom. The molecule has 0 saturated carbocycles. The summed E-state index contributed by atoms with van der Waals surface area (Å²) in [5, 5.41) is 0. The molecule has 0 saturated heterocycles. The Hall–Kier alpha value is -1.09. The molecule has 0 amide bonds. The molecule has 0 radical (unpaired) electrons. The number of H-pyrrole nitrogens is 1. The first-order valence-corrected chi connectivity index (χ1v) is 3.74. The Balaban J connectivity index is 2.87. The molecule has 2 aliphatic rings. The molecule has 1 aliphatic carbocycles. The summed E-state index contributed by atoms with van der Waals surface area (Å²) in [5.41, 5.74) is 1.17. The average Bonchev–Trinajstić information content (AvgIpc) is 2.33. The quantitative estimate of drug-likeness (QED) is 0.608. The monoisotopic (exact) mass is 151 g/mol. The number of hydrogen-bond donors (Lipinski definition) is 1. The van der Waals surface area contributed by atoms with Gasteiger partial charge >= 0.3 is 0 Å². The van der Waals surface area contributed by atoms with Crippen molar-refractivity contribution in [2.24, 2.45) is 0 Å². The lowest BCUT2D eigenvalue weighted by molar-refractivity contribution is 1.55. The molecule has 1 N–H and O–H groups in total. The Labute approximate surface area is 61.6 Å². The van der Waals surface area contributed by atoms with Crippen LogP contribution in [0.4, 0.5) is 0 Å². The molecule has 2 nitrogen and oxygen atoms in total. The fraction of sp³-hybridized carbons (Fsp3) is 0. The van der Waals surface area contributed by atoms with Crippen molar-refractivity contribution in [1.29, 1.82) is 0 Å². The maximum atomic E-state index is 10.8. The summed E-state index contributed by atoms with van der Waals surface area (Å²) in [6.45, 7) is 0. The van der Waals surface area contributed by atoms with Gasteiger partial charge in [-0.05, 0) is 12.1 Å². The molecule has 2 rings (SSSR count). The van der Waals surface area contributed by atoms with E-state index in [0.717, 1.165) is 10.4 Å². The minimum absolute atomic E-state index is 0.0725. The van der Waals surface area contributed by atoms with Crippen molar-refractivity contribution in [2.75, 3.05) is 0 Å². The molecular weight excluding hydrogens is 146 g/mol. The Morgan fingerprint density at radius 2 is 2.30 bits per heavy atom. The average molecular weight is 151 g/mol. The van der Waals surface area contributed by atoms with E-state index in [1.54, 1.807) is 12.1 Å². The zero-order valence-electron chi connectivity index (χ0n) is 5.13. The van der Waals surface area contributed by atoms with Gasteiger partial charge < -0.3 is 4.37 Å². The number of aromatic nitrogens is 1. The van der Waals surface area contributed by atoms with Gasteiger partial charge in [-0.3, -0.25) is 4.79 Å². The molecule has 0 bridgehead atoms. The van der Waals surface area contributed by atoms with E-state index in [4.69, 9.17) is 0 Å². The lowest BCUT2D eigenvalue weighted by atomic mass is 10.2. The molecule has 10 heavy (non-hydrogen) atoms. The lowest BCUT2D eigenvalue weighted by Gasteiger charge is -1.88. The minimum Gasteiger partial charge on any atom is -0.317 e. The maximum Gasteiger partial charge on any atom is 0.180 e. The van der Waals surface area contributed by atoms with Crippen LogP contribution in [0.1, 0.15) is 0 Å². The van der Waals surface area contributed by atoms with Gasteiger partial charge in [-0.1, -0.05) is 11.5 Å². The summed E-state index contributed by atoms with van der Waals surface area (Å²) in [7, 11) is 0. The smallest absolute Gasteiger partial charge is 0.180 e. The summed E-state index contributed by atoms with van der Waals surface area (Å²) in [5.74, 6) is 0. The number of hydrogen-bond acceptors (Lipinski definition) is 2. The Morgan fingerprint density at radius 3 is 3.20 bits per heavy atom. The normalized spacial score (nSPS) is 10.4. The highest BCUT2D eigenvalue weighted by Gasteiger charge is 2.00. The van der Waals surface area contributed by atoms with E-state index < -0.39 is 0 Å². The Kier molecular flexibility index (Phi) is 1.11. The van der Waals surface area contributed by atoms with E-state index in [1.165, 1.54) is 11.5 Å². The molecule has 0 aromatic rings. The van der Waals surface area contributed by atoms with Gasteiger partial charge in [-0.2, -0.15) is 0 Å². The molecular formula is C7H5NOS. The molecule has 0 fully saturated rings. The van der Waals surface area contributed by atoms with Gasteiger partial charge in [0, 0.05) is 17.8 Å². The summed E-state index contributed by atoms with van der Waals surface area (Å²) in [6.07, 6.45) is 1.89. The van der Waals surface area contributed by atoms with E-state index in [1.807, 2.05) is 12.3 Å². The predicted molar refractivity (Wildman–Crippen MR) is 41.6 cm³/mol. The van der Waals surface area contributed by atoms with Crippen molar-refractivity contribution in [3.63, 3.8) is 0 Å². The fourth-order valence-electron chi connectivity index (χ4n) is 0.879. The van der Waals surface area contributed by atoms with E-state index in [0.29, 0.717) is 0 Å². The van der Waals surface area contributed by atoms with Crippen LogP contribution in [-0.2, 0) is 0 Å². The highest BCUT2D eigenvalue weighted by molar-refractivity contribution is 7.09. The van der Waals surface area contributed by atoms with Crippen LogP contribution in [0.3, 0.4) is 0 Å². The SMILES string of the molecule is O=c1ccc2c[nH]sc-2c1. The van der Waals surface area contributed by atoms with Crippen LogP contribution < -0.4 is 5.43 Å². The highest BCUT2D eigenvalue weighted by Crippen LogP contribution is 2.22. The largest absolute Gasteiger partial charge is 0.317 e. The molecule has 1 heterocycles. The van der Waals surface area contributed by atoms with Crippen molar-refractivity contribution < 1.29 is 0 Å². The van der Waals surface area contributed by atoms with Crippen LogP contribution in [0.15, 0.2) is 29.2 Å². The topological polar surface area (TPSA) is 32.9 Å². The van der Waals surface area contributed by atoms with Crippen molar-refractivity contribution in [3.8, 4) is 10.4 Å². The molecule has 0 atom stereocenters. The lowest BCUT2D eigenvalue weighted by Crippen LogP contribution is -1.94. The van der Waals surface area contributed by atoms with Gasteiger partial charge in [0.1, 0.15) is 0 Å². The zero-order valence-corrected chi connectivity index (χ0v) is 5.94. The third kappa shape index (κ3) is 0.752. The first-order valence-electron chi connectivity index (χ1n) is 2.93. The van der Waals surface area contributed by atoms with Gasteiger partial charge in [0.15, 0.2) is 5.43 Å². The second-order valence-electron chi connectivity index (χ2n) is 2.06. The molecule has 0 unspecified atom stereocenters. The minimum atomic E-state index is 0.0725. The van der Waals surface area contributed by atoms with Crippen molar-refractivity contribution in [1.82, 2.24) is 4.37 Å². The molecule has 50 valence electrons. The Bertz CT molecular complexity index is 362. The van der Waals surface area contributed by atoms with Gasteiger partial charge in [0.25, 0.3) is 0 Å². The van der Waals surface area contributed by atoms with Crippen molar-refractivity contribution in [2.45, 2.75) is 0 Å². The zero-order chi connectivity index (χ0) is 6.97. The van der Waals surface area contributed by atoms with Gasteiger partial charge in [-0.25, -0.2) is 0 Å². The van der Waals surface area contributed by atoms with Gasteiger partial charge in [0.2, 0.25) is 0 Å². The summed E-state index contributed by atoms with van der Waals surface area (Å²) in [6, 6.07) is 5.03. The molecule has 0 aromatic heterocycles. The number of benzene rings is 1. The fourth-order valence-corrected chi connectivity index (χ4v) is 1.61. The summed E-state index contributed by atoms with van der Waals surface area (Å²) in [4.78, 5) is 11.8. The third-order valence-corrected chi connectivity index (χ3v) is 2.18. The van der Waals surface area contributed by atoms with Gasteiger partial charge in [-0.15, -0.1) is 0 Å². The predicted octanol–water partition coefficient (Wildman–Crippen LogP) is 1.54. The highest BCUT2D eigenvalue weighted by atomic mass is 32.1. The van der Waals surface area contributed by atoms with E-state index in [9.17, 15) is 4.79 Å². The van der Waals surface area contributed by atoms with Gasteiger partial charge in [0.05, 0.1) is 4.88 Å². The molecule has 0 spiro atoms. The number of nitrogens with one attached hydrogen (secondary N) is 1. The molecule has 3 heteroatoms. The second kappa shape index (κ2) is 1.95. The van der Waals surface area contributed by atoms with Crippen LogP contribution in [-0.4, -0.2) is 4.37 Å². The van der Waals surface area contributed by atoms with E-state index >= 15 is 0 Å². The van der Waals surface area contributed by atoms with Crippen LogP contribution in [0.25, 0.3) is 10.4 Å². The van der Waals surface area contributed by atoms with Crippen LogP contribution in [0.5, 0.6) is 0 Å². The number of fused-ring (bicyclic) bond motifs is 1. The standard InChI is InChI=1S/C7H5NOS/c9-6-2-1-5-4-8-10-7(5)3-6/h1-4,8H. The molecule has 1 aliphatic heterocycles. The number of aromatic amines is 1. The van der Waals surface area contributed by atoms with E-state index in [2.05, 4.69) is 4.37 Å². The second-order valence-corrected chi connectivity index (χ2v) is 2.94. The first kappa shape index (κ1) is 5.68. The van der Waals surface area contributed by atoms with Crippen LogP contribution in [0, 0.1) is 0 Å². The molecule has 0 aromatic carbocycles. The summed E-state index contributed by atoms with van der Waals surface area (Å²) >= 11 is 1.48. The third-order valence-electron chi connectivity index (χ3n) is 1.37. The van der Waals surface area contributed by atoms with Crippen LogP contribution in [0.2, 0.25) is 0 Å². The first-order chi connectivity index (χ1) is 4.86. The summed E-state index contributed by atoms with van der Waals surface area (Å²) < 4.78 is 2.97. The van der Waals surface area contributed by atoms with Crippen molar-refractivity contribution >= 4 is 11.5 Å². The van der Waals surface area contributed by atoms with Crippen LogP contribution >= 0.6 is 11.5 Å². The maximum absolute atomic E-state index is 10.8. The van der Waals surface area contributed by atoms with Crippen molar-refractivity contribution in [3.05, 3.63) is 34.6 Å².